The molecule has 0 amide bonds. The van der Waals surface area contributed by atoms with Gasteiger partial charge in [-0.1, -0.05) is 30.3 Å². The molecule has 0 unspecified atom stereocenters. The quantitative estimate of drug-likeness (QED) is 0.701. The van der Waals surface area contributed by atoms with E-state index in [0.29, 0.717) is 0 Å². The van der Waals surface area contributed by atoms with Crippen molar-refractivity contribution < 1.29 is 4.79 Å². The van der Waals surface area contributed by atoms with Crippen LogP contribution in [0.25, 0.3) is 0 Å². The molecule has 0 aliphatic heterocycles. The summed E-state index contributed by atoms with van der Waals surface area (Å²) in [5, 5.41) is 0. The Kier molecular flexibility index (Phi) is 25.8. The zero-order valence-electron chi connectivity index (χ0n) is 6.01. The van der Waals surface area contributed by atoms with Crippen LogP contribution in [0.2, 0.25) is 0 Å². The van der Waals surface area contributed by atoms with E-state index < -0.39 is 0 Å². The maximum Gasteiger partial charge on any atom is 0.150 e. The van der Waals surface area contributed by atoms with Gasteiger partial charge in [-0.15, -0.1) is 49.6 Å². The van der Waals surface area contributed by atoms with Crippen molar-refractivity contribution in [1.82, 2.24) is 0 Å². The summed E-state index contributed by atoms with van der Waals surface area (Å²) in [7, 11) is 0. The summed E-state index contributed by atoms with van der Waals surface area (Å²) in [6.07, 6.45) is 0.833. The molecular formula is C7H10Cl4O. The number of aldehydes is 1. The maximum atomic E-state index is 10.0. The van der Waals surface area contributed by atoms with Gasteiger partial charge >= 0.3 is 0 Å². The summed E-state index contributed by atoms with van der Waals surface area (Å²) in [6.45, 7) is 0. The first-order chi connectivity index (χ1) is 3.93. The Hall–Kier alpha value is 0.0500. The number of halogens is 4. The molecule has 1 nitrogen and oxygen atoms in total. The summed E-state index contributed by atoms with van der Waals surface area (Å²) in [5.74, 6) is 0. The minimum atomic E-state index is 0. The molecule has 1 aromatic rings. The van der Waals surface area contributed by atoms with Crippen LogP contribution in [0.1, 0.15) is 10.4 Å². The molecule has 0 saturated carbocycles. The van der Waals surface area contributed by atoms with Crippen LogP contribution in [0.4, 0.5) is 0 Å². The van der Waals surface area contributed by atoms with Crippen LogP contribution in [0, 0.1) is 0 Å². The van der Waals surface area contributed by atoms with Crippen LogP contribution in [-0.4, -0.2) is 6.29 Å². The molecule has 72 valence electrons. The van der Waals surface area contributed by atoms with Gasteiger partial charge in [-0.05, 0) is 0 Å². The van der Waals surface area contributed by atoms with Gasteiger partial charge in [0.2, 0.25) is 0 Å². The minimum Gasteiger partial charge on any atom is -0.298 e. The zero-order chi connectivity index (χ0) is 5.82. The van der Waals surface area contributed by atoms with Gasteiger partial charge in [0.25, 0.3) is 0 Å². The van der Waals surface area contributed by atoms with Gasteiger partial charge in [-0.2, -0.15) is 0 Å². The monoisotopic (exact) mass is 250 g/mol. The van der Waals surface area contributed by atoms with Crippen molar-refractivity contribution in [2.45, 2.75) is 0 Å². The van der Waals surface area contributed by atoms with Crippen LogP contribution < -0.4 is 0 Å². The Bertz CT molecular complexity index is 178. The number of carbonyl (C=O) groups excluding carboxylic acids is 1. The molecule has 0 bridgehead atoms. The van der Waals surface area contributed by atoms with Gasteiger partial charge in [0.15, 0.2) is 0 Å². The number of hydrogen-bond donors (Lipinski definition) is 0. The molecule has 12 heavy (non-hydrogen) atoms. The standard InChI is InChI=1S/C7H6O.4ClH/c8-6-7-4-2-1-3-5-7;;;;/h1-6H;4*1H. The second kappa shape index (κ2) is 13.6. The maximum absolute atomic E-state index is 10.0. The molecule has 0 aromatic heterocycles. The zero-order valence-corrected chi connectivity index (χ0v) is 9.27. The fraction of sp³-hybridized carbons (Fsp3) is 0. The largest absolute Gasteiger partial charge is 0.298 e. The Morgan fingerprint density at radius 3 is 1.50 bits per heavy atom. The number of rotatable bonds is 1. The highest BCUT2D eigenvalue weighted by Crippen LogP contribution is 1.91. The van der Waals surface area contributed by atoms with E-state index in [1.54, 1.807) is 12.1 Å². The van der Waals surface area contributed by atoms with Crippen LogP contribution >= 0.6 is 49.6 Å². The summed E-state index contributed by atoms with van der Waals surface area (Å²) >= 11 is 0. The van der Waals surface area contributed by atoms with Crippen molar-refractivity contribution in [3.8, 4) is 0 Å². The van der Waals surface area contributed by atoms with Crippen molar-refractivity contribution in [3.05, 3.63) is 35.9 Å². The molecule has 0 atom stereocenters. The van der Waals surface area contributed by atoms with Gasteiger partial charge in [0.05, 0.1) is 0 Å². The fourth-order valence-corrected chi connectivity index (χ4v) is 0.532. The molecule has 1 aromatic carbocycles. The lowest BCUT2D eigenvalue weighted by molar-refractivity contribution is 0.112. The molecule has 0 fully saturated rings. The highest BCUT2D eigenvalue weighted by atomic mass is 35.5. The van der Waals surface area contributed by atoms with Crippen LogP contribution in [0.5, 0.6) is 0 Å². The van der Waals surface area contributed by atoms with Crippen molar-refractivity contribution in [1.29, 1.82) is 0 Å². The van der Waals surface area contributed by atoms with Crippen molar-refractivity contribution >= 4 is 55.9 Å². The van der Waals surface area contributed by atoms with Gasteiger partial charge in [-0.3, -0.25) is 4.79 Å². The molecule has 0 saturated heterocycles. The lowest BCUT2D eigenvalue weighted by atomic mass is 10.2. The van der Waals surface area contributed by atoms with Crippen molar-refractivity contribution in [2.24, 2.45) is 0 Å². The third-order valence-corrected chi connectivity index (χ3v) is 0.936. The van der Waals surface area contributed by atoms with E-state index >= 15 is 0 Å². The van der Waals surface area contributed by atoms with Gasteiger partial charge in [0.1, 0.15) is 6.29 Å². The average Bonchev–Trinajstić information content (AvgIpc) is 1.90. The Balaban J connectivity index is -0.0000000800. The van der Waals surface area contributed by atoms with E-state index in [1.807, 2.05) is 18.2 Å². The Morgan fingerprint density at radius 2 is 1.25 bits per heavy atom. The molecule has 0 aliphatic carbocycles. The minimum absolute atomic E-state index is 0. The highest BCUT2D eigenvalue weighted by Gasteiger charge is 1.79. The van der Waals surface area contributed by atoms with E-state index in [2.05, 4.69) is 0 Å². The summed E-state index contributed by atoms with van der Waals surface area (Å²) < 4.78 is 0. The van der Waals surface area contributed by atoms with Crippen molar-refractivity contribution in [3.63, 3.8) is 0 Å². The van der Waals surface area contributed by atoms with Crippen LogP contribution in [0.15, 0.2) is 30.3 Å². The van der Waals surface area contributed by atoms with Gasteiger partial charge in [0, 0.05) is 5.56 Å². The van der Waals surface area contributed by atoms with E-state index in [9.17, 15) is 4.79 Å². The average molecular weight is 252 g/mol. The topological polar surface area (TPSA) is 17.1 Å². The molecule has 0 N–H and O–H groups in total. The first-order valence-electron chi connectivity index (χ1n) is 2.44. The predicted molar refractivity (Wildman–Crippen MR) is 60.8 cm³/mol. The van der Waals surface area contributed by atoms with Gasteiger partial charge < -0.3 is 0 Å². The van der Waals surface area contributed by atoms with Crippen LogP contribution in [0.3, 0.4) is 0 Å². The summed E-state index contributed by atoms with van der Waals surface area (Å²) in [4.78, 5) is 10.0. The lowest BCUT2D eigenvalue weighted by Crippen LogP contribution is -1.73. The van der Waals surface area contributed by atoms with E-state index in [-0.39, 0.29) is 49.6 Å². The van der Waals surface area contributed by atoms with Crippen molar-refractivity contribution in [2.75, 3.05) is 0 Å². The summed E-state index contributed by atoms with van der Waals surface area (Å²) in [5.41, 5.74) is 0.729. The lowest BCUT2D eigenvalue weighted by Gasteiger charge is -1.81. The number of benzene rings is 1. The van der Waals surface area contributed by atoms with E-state index in [1.165, 1.54) is 0 Å². The van der Waals surface area contributed by atoms with E-state index in [0.717, 1.165) is 11.8 Å². The fourth-order valence-electron chi connectivity index (χ4n) is 0.532. The van der Waals surface area contributed by atoms with E-state index in [4.69, 9.17) is 0 Å². The van der Waals surface area contributed by atoms with Crippen LogP contribution in [-0.2, 0) is 0 Å². The first kappa shape index (κ1) is 22.7. The second-order valence-electron chi connectivity index (χ2n) is 1.53. The molecule has 0 spiro atoms. The normalized spacial score (nSPS) is 5.67. The summed E-state index contributed by atoms with van der Waals surface area (Å²) in [6, 6.07) is 9.10. The third kappa shape index (κ3) is 8.15. The molecule has 0 radical (unpaired) electrons. The molecule has 0 heterocycles. The molecular weight excluding hydrogens is 242 g/mol. The molecule has 1 rings (SSSR count). The first-order valence-corrected chi connectivity index (χ1v) is 2.44. The molecule has 5 heteroatoms. The molecule has 0 aliphatic rings. The smallest absolute Gasteiger partial charge is 0.150 e. The Labute approximate surface area is 96.6 Å². The number of carbonyl (C=O) groups is 1. The Morgan fingerprint density at radius 1 is 0.833 bits per heavy atom. The predicted octanol–water partition coefficient (Wildman–Crippen LogP) is 3.19. The third-order valence-electron chi connectivity index (χ3n) is 0.936. The number of hydrogen-bond acceptors (Lipinski definition) is 1. The van der Waals surface area contributed by atoms with Gasteiger partial charge in [-0.25, -0.2) is 0 Å². The second-order valence-corrected chi connectivity index (χ2v) is 1.53. The highest BCUT2D eigenvalue weighted by molar-refractivity contribution is 5.86. The SMILES string of the molecule is Cl.Cl.Cl.Cl.O=Cc1ccccc1.